The smallest absolute Gasteiger partial charge is 0.231 e. The quantitative estimate of drug-likeness (QED) is 0.911. The number of aryl methyl sites for hydroxylation is 2. The van der Waals surface area contributed by atoms with Gasteiger partial charge in [-0.15, -0.1) is 11.3 Å². The van der Waals surface area contributed by atoms with Crippen LogP contribution in [-0.4, -0.2) is 18.0 Å². The normalized spacial score (nSPS) is 11.4. The molecular formula is C17H22N2O2S. The van der Waals surface area contributed by atoms with E-state index in [9.17, 15) is 4.79 Å². The molecule has 0 unspecified atom stereocenters. The van der Waals surface area contributed by atoms with Crippen LogP contribution in [0.15, 0.2) is 18.2 Å². The predicted molar refractivity (Wildman–Crippen MR) is 91.7 cm³/mol. The zero-order valence-electron chi connectivity index (χ0n) is 13.9. The number of carbonyl (C=O) groups excluding carboxylic acids is 1. The lowest BCUT2D eigenvalue weighted by Crippen LogP contribution is -2.27. The van der Waals surface area contributed by atoms with E-state index in [0.29, 0.717) is 5.13 Å². The number of rotatable bonds is 3. The van der Waals surface area contributed by atoms with E-state index in [-0.39, 0.29) is 5.91 Å². The third-order valence-corrected chi connectivity index (χ3v) is 4.25. The lowest BCUT2D eigenvalue weighted by molar-refractivity contribution is -0.123. The molecule has 118 valence electrons. The summed E-state index contributed by atoms with van der Waals surface area (Å²) in [6.45, 7) is 9.68. The maximum Gasteiger partial charge on any atom is 0.231 e. The van der Waals surface area contributed by atoms with Crippen molar-refractivity contribution in [3.63, 3.8) is 0 Å². The molecule has 0 spiro atoms. The molecule has 0 aliphatic heterocycles. The van der Waals surface area contributed by atoms with E-state index in [1.165, 1.54) is 11.3 Å². The van der Waals surface area contributed by atoms with E-state index in [1.54, 1.807) is 7.11 Å². The van der Waals surface area contributed by atoms with Gasteiger partial charge in [0, 0.05) is 15.9 Å². The first-order valence-electron chi connectivity index (χ1n) is 7.16. The Hall–Kier alpha value is -1.88. The molecule has 0 fully saturated rings. The fourth-order valence-electron chi connectivity index (χ4n) is 2.03. The second-order valence-electron chi connectivity index (χ2n) is 6.31. The number of thiazole rings is 1. The Morgan fingerprint density at radius 1 is 1.27 bits per heavy atom. The molecule has 0 saturated heterocycles. The molecule has 1 N–H and O–H groups in total. The summed E-state index contributed by atoms with van der Waals surface area (Å²) >= 11 is 1.50. The lowest BCUT2D eigenvalue weighted by atomic mass is 9.96. The largest absolute Gasteiger partial charge is 0.496 e. The van der Waals surface area contributed by atoms with Crippen molar-refractivity contribution in [1.29, 1.82) is 0 Å². The van der Waals surface area contributed by atoms with Crippen LogP contribution in [0.2, 0.25) is 0 Å². The molecule has 2 aromatic rings. The van der Waals surface area contributed by atoms with Crippen molar-refractivity contribution in [2.75, 3.05) is 12.4 Å². The molecule has 1 aromatic carbocycles. The highest BCUT2D eigenvalue weighted by atomic mass is 32.1. The summed E-state index contributed by atoms with van der Waals surface area (Å²) in [7, 11) is 1.66. The van der Waals surface area contributed by atoms with Crippen molar-refractivity contribution >= 4 is 22.4 Å². The summed E-state index contributed by atoms with van der Waals surface area (Å²) in [5, 5.41) is 3.53. The topological polar surface area (TPSA) is 51.2 Å². The molecule has 2 rings (SSSR count). The molecule has 0 aliphatic rings. The van der Waals surface area contributed by atoms with Gasteiger partial charge in [0.25, 0.3) is 0 Å². The molecule has 22 heavy (non-hydrogen) atoms. The minimum Gasteiger partial charge on any atom is -0.496 e. The summed E-state index contributed by atoms with van der Waals surface area (Å²) in [5.74, 6) is 0.830. The maximum absolute atomic E-state index is 12.1. The van der Waals surface area contributed by atoms with E-state index in [4.69, 9.17) is 4.74 Å². The van der Waals surface area contributed by atoms with Gasteiger partial charge in [-0.1, -0.05) is 20.8 Å². The SMILES string of the molecule is COc1ccc(-c2nc(NC(=O)C(C)(C)C)sc2C)cc1C. The van der Waals surface area contributed by atoms with Crippen LogP contribution in [0.4, 0.5) is 5.13 Å². The summed E-state index contributed by atoms with van der Waals surface area (Å²) in [5.41, 5.74) is 2.56. The standard InChI is InChI=1S/C17H22N2O2S/c1-10-9-12(7-8-13(10)21-6)14-11(2)22-16(18-14)19-15(20)17(3,4)5/h7-9H,1-6H3,(H,18,19,20). The number of anilines is 1. The van der Waals surface area contributed by atoms with Gasteiger partial charge in [0.2, 0.25) is 5.91 Å². The molecular weight excluding hydrogens is 296 g/mol. The average molecular weight is 318 g/mol. The van der Waals surface area contributed by atoms with Gasteiger partial charge < -0.3 is 10.1 Å². The number of benzene rings is 1. The Labute approximate surface area is 135 Å². The molecule has 1 amide bonds. The Bertz CT molecular complexity index is 699. The fourth-order valence-corrected chi connectivity index (χ4v) is 2.86. The van der Waals surface area contributed by atoms with Crippen LogP contribution in [0.3, 0.4) is 0 Å². The first kappa shape index (κ1) is 16.5. The number of methoxy groups -OCH3 is 1. The fraction of sp³-hybridized carbons (Fsp3) is 0.412. The van der Waals surface area contributed by atoms with Crippen molar-refractivity contribution in [2.45, 2.75) is 34.6 Å². The Balaban J connectivity index is 2.30. The van der Waals surface area contributed by atoms with Crippen molar-refractivity contribution in [2.24, 2.45) is 5.41 Å². The highest BCUT2D eigenvalue weighted by molar-refractivity contribution is 7.16. The minimum absolute atomic E-state index is 0.0290. The van der Waals surface area contributed by atoms with E-state index in [2.05, 4.69) is 16.4 Å². The molecule has 0 aliphatic carbocycles. The van der Waals surface area contributed by atoms with Gasteiger partial charge >= 0.3 is 0 Å². The summed E-state index contributed by atoms with van der Waals surface area (Å²) < 4.78 is 5.29. The van der Waals surface area contributed by atoms with E-state index in [0.717, 1.165) is 27.4 Å². The molecule has 0 radical (unpaired) electrons. The van der Waals surface area contributed by atoms with Crippen molar-refractivity contribution in [1.82, 2.24) is 4.98 Å². The maximum atomic E-state index is 12.1. The molecule has 1 aromatic heterocycles. The number of ether oxygens (including phenoxy) is 1. The average Bonchev–Trinajstić information content (AvgIpc) is 2.78. The van der Waals surface area contributed by atoms with Gasteiger partial charge in [-0.05, 0) is 37.6 Å². The van der Waals surface area contributed by atoms with Gasteiger partial charge in [0.05, 0.1) is 12.8 Å². The number of amides is 1. The number of carbonyl (C=O) groups is 1. The number of aromatic nitrogens is 1. The second kappa shape index (κ2) is 6.08. The third-order valence-electron chi connectivity index (χ3n) is 3.37. The van der Waals surface area contributed by atoms with Crippen LogP contribution >= 0.6 is 11.3 Å². The van der Waals surface area contributed by atoms with Crippen LogP contribution in [0.1, 0.15) is 31.2 Å². The van der Waals surface area contributed by atoms with Crippen LogP contribution < -0.4 is 10.1 Å². The molecule has 0 bridgehead atoms. The van der Waals surface area contributed by atoms with Crippen molar-refractivity contribution < 1.29 is 9.53 Å². The van der Waals surface area contributed by atoms with Crippen molar-refractivity contribution in [3.8, 4) is 17.0 Å². The minimum atomic E-state index is -0.434. The highest BCUT2D eigenvalue weighted by Crippen LogP contribution is 2.33. The van der Waals surface area contributed by atoms with Crippen LogP contribution in [0.25, 0.3) is 11.3 Å². The van der Waals surface area contributed by atoms with E-state index in [1.807, 2.05) is 46.8 Å². The summed E-state index contributed by atoms with van der Waals surface area (Å²) in [6.07, 6.45) is 0. The Kier molecular flexibility index (Phi) is 4.56. The molecule has 4 nitrogen and oxygen atoms in total. The van der Waals surface area contributed by atoms with Crippen LogP contribution in [0, 0.1) is 19.3 Å². The Morgan fingerprint density at radius 3 is 2.50 bits per heavy atom. The summed E-state index contributed by atoms with van der Waals surface area (Å²) in [4.78, 5) is 17.7. The van der Waals surface area contributed by atoms with Gasteiger partial charge in [-0.25, -0.2) is 4.98 Å². The highest BCUT2D eigenvalue weighted by Gasteiger charge is 2.23. The molecule has 0 saturated carbocycles. The number of hydrogen-bond acceptors (Lipinski definition) is 4. The number of nitrogens with zero attached hydrogens (tertiary/aromatic N) is 1. The predicted octanol–water partition coefficient (Wildman–Crippen LogP) is 4.42. The van der Waals surface area contributed by atoms with E-state index >= 15 is 0 Å². The second-order valence-corrected chi connectivity index (χ2v) is 7.52. The zero-order valence-corrected chi connectivity index (χ0v) is 14.7. The van der Waals surface area contributed by atoms with Crippen LogP contribution in [-0.2, 0) is 4.79 Å². The van der Waals surface area contributed by atoms with Crippen LogP contribution in [0.5, 0.6) is 5.75 Å². The zero-order chi connectivity index (χ0) is 16.5. The van der Waals surface area contributed by atoms with Gasteiger partial charge in [0.15, 0.2) is 5.13 Å². The lowest BCUT2D eigenvalue weighted by Gasteiger charge is -2.15. The van der Waals surface area contributed by atoms with Crippen molar-refractivity contribution in [3.05, 3.63) is 28.6 Å². The number of nitrogens with one attached hydrogen (secondary N) is 1. The van der Waals surface area contributed by atoms with Gasteiger partial charge in [-0.3, -0.25) is 4.79 Å². The number of hydrogen-bond donors (Lipinski definition) is 1. The monoisotopic (exact) mass is 318 g/mol. The molecule has 5 heteroatoms. The summed E-state index contributed by atoms with van der Waals surface area (Å²) in [6, 6.07) is 5.98. The van der Waals surface area contributed by atoms with Gasteiger partial charge in [-0.2, -0.15) is 0 Å². The Morgan fingerprint density at radius 2 is 1.95 bits per heavy atom. The third kappa shape index (κ3) is 3.47. The molecule has 0 atom stereocenters. The van der Waals surface area contributed by atoms with Gasteiger partial charge in [0.1, 0.15) is 5.75 Å². The first-order chi connectivity index (χ1) is 10.2. The molecule has 1 heterocycles. The van der Waals surface area contributed by atoms with E-state index < -0.39 is 5.41 Å². The first-order valence-corrected chi connectivity index (χ1v) is 7.98.